The van der Waals surface area contributed by atoms with E-state index in [4.69, 9.17) is 5.11 Å². The van der Waals surface area contributed by atoms with Crippen LogP contribution in [-0.4, -0.2) is 45.4 Å². The smallest absolute Gasteiger partial charge is 0.308 e. The van der Waals surface area contributed by atoms with Gasteiger partial charge in [0, 0.05) is 19.8 Å². The molecule has 1 amide bonds. The summed E-state index contributed by atoms with van der Waals surface area (Å²) in [5, 5.41) is 8.72. The molecule has 0 aromatic carbocycles. The van der Waals surface area contributed by atoms with Crippen LogP contribution in [0, 0.1) is 5.92 Å². The first-order valence-electron chi connectivity index (χ1n) is 4.76. The van der Waals surface area contributed by atoms with Crippen LogP contribution in [0.15, 0.2) is 18.6 Å². The molecule has 1 aromatic heterocycles. The average Bonchev–Trinajstić information content (AvgIpc) is 2.28. The topological polar surface area (TPSA) is 83.4 Å². The van der Waals surface area contributed by atoms with E-state index >= 15 is 0 Å². The molecule has 0 spiro atoms. The summed E-state index contributed by atoms with van der Waals surface area (Å²) >= 11 is 0. The number of nitrogens with zero attached hydrogens (tertiary/aromatic N) is 3. The zero-order valence-electron chi connectivity index (χ0n) is 9.12. The number of carboxylic acids is 1. The van der Waals surface area contributed by atoms with Crippen LogP contribution in [0.1, 0.15) is 17.4 Å². The van der Waals surface area contributed by atoms with Gasteiger partial charge in [0.2, 0.25) is 0 Å². The van der Waals surface area contributed by atoms with Gasteiger partial charge in [-0.15, -0.1) is 0 Å². The van der Waals surface area contributed by atoms with Gasteiger partial charge in [-0.25, -0.2) is 9.97 Å². The van der Waals surface area contributed by atoms with Gasteiger partial charge in [0.1, 0.15) is 12.0 Å². The highest BCUT2D eigenvalue weighted by Gasteiger charge is 2.18. The van der Waals surface area contributed by atoms with Crippen molar-refractivity contribution >= 4 is 11.9 Å². The second kappa shape index (κ2) is 5.20. The van der Waals surface area contributed by atoms with E-state index in [1.165, 1.54) is 23.5 Å². The second-order valence-corrected chi connectivity index (χ2v) is 3.52. The van der Waals surface area contributed by atoms with Gasteiger partial charge in [-0.1, -0.05) is 6.92 Å². The minimum absolute atomic E-state index is 0.151. The van der Waals surface area contributed by atoms with Crippen molar-refractivity contribution in [3.8, 4) is 0 Å². The van der Waals surface area contributed by atoms with Crippen LogP contribution in [0.25, 0.3) is 0 Å². The van der Waals surface area contributed by atoms with Gasteiger partial charge in [-0.2, -0.15) is 0 Å². The number of rotatable bonds is 4. The molecule has 1 atom stereocenters. The monoisotopic (exact) mass is 223 g/mol. The van der Waals surface area contributed by atoms with Crippen molar-refractivity contribution in [1.82, 2.24) is 14.9 Å². The molecule has 0 radical (unpaired) electrons. The Kier molecular flexibility index (Phi) is 3.93. The molecule has 86 valence electrons. The van der Waals surface area contributed by atoms with E-state index in [1.54, 1.807) is 14.0 Å². The van der Waals surface area contributed by atoms with E-state index in [9.17, 15) is 9.59 Å². The Morgan fingerprint density at radius 1 is 1.56 bits per heavy atom. The molecule has 0 bridgehead atoms. The quantitative estimate of drug-likeness (QED) is 0.792. The molecule has 0 fully saturated rings. The van der Waals surface area contributed by atoms with Crippen molar-refractivity contribution < 1.29 is 14.7 Å². The maximum absolute atomic E-state index is 11.7. The number of aromatic nitrogens is 2. The number of carbonyl (C=O) groups excluding carboxylic acids is 1. The first-order valence-corrected chi connectivity index (χ1v) is 4.76. The van der Waals surface area contributed by atoms with Gasteiger partial charge in [-0.3, -0.25) is 9.59 Å². The maximum Gasteiger partial charge on any atom is 0.308 e. The average molecular weight is 223 g/mol. The van der Waals surface area contributed by atoms with Crippen LogP contribution < -0.4 is 0 Å². The summed E-state index contributed by atoms with van der Waals surface area (Å²) in [5.74, 6) is -1.84. The summed E-state index contributed by atoms with van der Waals surface area (Å²) in [4.78, 5) is 31.2. The lowest BCUT2D eigenvalue weighted by Crippen LogP contribution is -2.34. The molecule has 1 rings (SSSR count). The Balaban J connectivity index is 2.65. The van der Waals surface area contributed by atoms with Crippen LogP contribution in [-0.2, 0) is 4.79 Å². The van der Waals surface area contributed by atoms with Crippen molar-refractivity contribution in [2.75, 3.05) is 13.6 Å². The van der Waals surface area contributed by atoms with Crippen LogP contribution >= 0.6 is 0 Å². The highest BCUT2D eigenvalue weighted by Crippen LogP contribution is 2.03. The molecule has 6 nitrogen and oxygen atoms in total. The molecule has 0 saturated carbocycles. The number of carboxylic acid groups (broad SMARTS) is 1. The van der Waals surface area contributed by atoms with Crippen LogP contribution in [0.5, 0.6) is 0 Å². The lowest BCUT2D eigenvalue weighted by molar-refractivity contribution is -0.141. The predicted molar refractivity (Wildman–Crippen MR) is 55.8 cm³/mol. The van der Waals surface area contributed by atoms with Crippen molar-refractivity contribution in [3.63, 3.8) is 0 Å². The Morgan fingerprint density at radius 3 is 2.75 bits per heavy atom. The zero-order chi connectivity index (χ0) is 12.1. The molecular formula is C10H13N3O3. The fraction of sp³-hybridized carbons (Fsp3) is 0.400. The molecule has 0 aliphatic rings. The molecule has 1 N–H and O–H groups in total. The number of carbonyl (C=O) groups is 2. The van der Waals surface area contributed by atoms with Gasteiger partial charge in [0.25, 0.3) is 5.91 Å². The predicted octanol–water partition coefficient (Wildman–Crippen LogP) is 0.269. The third kappa shape index (κ3) is 3.01. The van der Waals surface area contributed by atoms with Crippen LogP contribution in [0.2, 0.25) is 0 Å². The highest BCUT2D eigenvalue weighted by molar-refractivity contribution is 5.92. The minimum atomic E-state index is -0.928. The molecule has 6 heteroatoms. The fourth-order valence-corrected chi connectivity index (χ4v) is 1.18. The molecule has 0 aliphatic carbocycles. The SMILES string of the molecule is CC(CN(C)C(=O)c1ccncn1)C(=O)O. The summed E-state index contributed by atoms with van der Waals surface area (Å²) < 4.78 is 0. The van der Waals surface area contributed by atoms with Gasteiger partial charge in [0.15, 0.2) is 0 Å². The summed E-state index contributed by atoms with van der Waals surface area (Å²) in [6.45, 7) is 1.70. The molecule has 16 heavy (non-hydrogen) atoms. The molecular weight excluding hydrogens is 210 g/mol. The first kappa shape index (κ1) is 12.1. The standard InChI is InChI=1S/C10H13N3O3/c1-7(10(15)16)5-13(2)9(14)8-3-4-11-6-12-8/h3-4,6-7H,5H2,1-2H3,(H,15,16). The van der Waals surface area contributed by atoms with Crippen molar-refractivity contribution in [3.05, 3.63) is 24.3 Å². The van der Waals surface area contributed by atoms with Crippen LogP contribution in [0.3, 0.4) is 0 Å². The van der Waals surface area contributed by atoms with Gasteiger partial charge in [0.05, 0.1) is 5.92 Å². The van der Waals surface area contributed by atoms with Gasteiger partial charge < -0.3 is 10.0 Å². The Labute approximate surface area is 92.9 Å². The lowest BCUT2D eigenvalue weighted by Gasteiger charge is -2.18. The second-order valence-electron chi connectivity index (χ2n) is 3.52. The molecule has 0 aliphatic heterocycles. The molecule has 1 unspecified atom stereocenters. The van der Waals surface area contributed by atoms with Crippen molar-refractivity contribution in [2.24, 2.45) is 5.92 Å². The zero-order valence-corrected chi connectivity index (χ0v) is 9.12. The normalized spacial score (nSPS) is 11.9. The van der Waals surface area contributed by atoms with Crippen molar-refractivity contribution in [1.29, 1.82) is 0 Å². The summed E-state index contributed by atoms with van der Waals surface area (Å²) in [6.07, 6.45) is 2.75. The summed E-state index contributed by atoms with van der Waals surface area (Å²) in [6, 6.07) is 1.49. The van der Waals surface area contributed by atoms with E-state index in [1.807, 2.05) is 0 Å². The van der Waals surface area contributed by atoms with Gasteiger partial charge in [-0.05, 0) is 6.07 Å². The molecule has 0 saturated heterocycles. The van der Waals surface area contributed by atoms with E-state index in [0.29, 0.717) is 0 Å². The van der Waals surface area contributed by atoms with Crippen LogP contribution in [0.4, 0.5) is 0 Å². The third-order valence-corrected chi connectivity index (χ3v) is 2.12. The third-order valence-electron chi connectivity index (χ3n) is 2.12. The van der Waals surface area contributed by atoms with E-state index in [0.717, 1.165) is 0 Å². The summed E-state index contributed by atoms with van der Waals surface area (Å²) in [5.41, 5.74) is 0.259. The van der Waals surface area contributed by atoms with E-state index < -0.39 is 11.9 Å². The highest BCUT2D eigenvalue weighted by atomic mass is 16.4. The fourth-order valence-electron chi connectivity index (χ4n) is 1.18. The van der Waals surface area contributed by atoms with E-state index in [2.05, 4.69) is 9.97 Å². The van der Waals surface area contributed by atoms with Gasteiger partial charge >= 0.3 is 5.97 Å². The lowest BCUT2D eigenvalue weighted by atomic mass is 10.1. The maximum atomic E-state index is 11.7. The van der Waals surface area contributed by atoms with Crippen molar-refractivity contribution in [2.45, 2.75) is 6.92 Å². The largest absolute Gasteiger partial charge is 0.481 e. The number of amides is 1. The Morgan fingerprint density at radius 2 is 2.25 bits per heavy atom. The Hall–Kier alpha value is -1.98. The number of hydrogen-bond donors (Lipinski definition) is 1. The Bertz CT molecular complexity index is 380. The number of aliphatic carboxylic acids is 1. The summed E-state index contributed by atoms with van der Waals surface area (Å²) in [7, 11) is 1.55. The molecule has 1 heterocycles. The first-order chi connectivity index (χ1) is 7.52. The molecule has 1 aromatic rings. The van der Waals surface area contributed by atoms with E-state index in [-0.39, 0.29) is 18.1 Å². The number of hydrogen-bond acceptors (Lipinski definition) is 4. The minimum Gasteiger partial charge on any atom is -0.481 e.